The third-order valence-corrected chi connectivity index (χ3v) is 3.43. The van der Waals surface area contributed by atoms with Gasteiger partial charge in [0.05, 0.1) is 18.4 Å². The number of Topliss-reactive ketones (excluding diaryl/α,β-unsaturated/α-hetero) is 1. The fourth-order valence-corrected chi connectivity index (χ4v) is 2.36. The van der Waals surface area contributed by atoms with E-state index in [0.717, 1.165) is 12.3 Å². The third-order valence-electron chi connectivity index (χ3n) is 3.43. The first kappa shape index (κ1) is 15.9. The van der Waals surface area contributed by atoms with E-state index in [0.29, 0.717) is 0 Å². The first-order valence-corrected chi connectivity index (χ1v) is 6.71. The van der Waals surface area contributed by atoms with Crippen LogP contribution in [-0.2, 0) is 10.9 Å². The highest BCUT2D eigenvalue weighted by atomic mass is 19.4. The maximum absolute atomic E-state index is 13.1. The average molecular weight is 334 g/mol. The Hall–Kier alpha value is -3.03. The summed E-state index contributed by atoms with van der Waals surface area (Å²) in [4.78, 5) is 31.4. The molecule has 0 fully saturated rings. The second kappa shape index (κ2) is 5.55. The van der Waals surface area contributed by atoms with E-state index in [1.807, 2.05) is 0 Å². The fourth-order valence-electron chi connectivity index (χ4n) is 2.36. The van der Waals surface area contributed by atoms with E-state index in [1.54, 1.807) is 0 Å². The second-order valence-electron chi connectivity index (χ2n) is 4.90. The maximum Gasteiger partial charge on any atom is 0.434 e. The molecule has 0 saturated carbocycles. The highest BCUT2D eigenvalue weighted by Crippen LogP contribution is 2.35. The standard InChI is InChI=1S/C16H9F3N2O3/c1-24-12-7-11(22)13-9(14(12)23)4-5-10(21-13)8-3-2-6-20-15(8)16(17,18)19/h2-7H,1H3. The molecule has 0 amide bonds. The molecule has 0 bridgehead atoms. The largest absolute Gasteiger partial charge is 0.492 e. The zero-order chi connectivity index (χ0) is 17.5. The van der Waals surface area contributed by atoms with Gasteiger partial charge in [-0.05, 0) is 24.3 Å². The Bertz CT molecular complexity index is 888. The minimum Gasteiger partial charge on any atom is -0.492 e. The molecule has 2 aromatic heterocycles. The van der Waals surface area contributed by atoms with Gasteiger partial charge in [0, 0.05) is 17.8 Å². The number of rotatable bonds is 2. The molecule has 0 radical (unpaired) electrons. The summed E-state index contributed by atoms with van der Waals surface area (Å²) < 4.78 is 44.0. The number of allylic oxidation sites excluding steroid dienone is 2. The van der Waals surface area contributed by atoms with Crippen LogP contribution in [0.3, 0.4) is 0 Å². The Balaban J connectivity index is 2.16. The van der Waals surface area contributed by atoms with Crippen LogP contribution in [0.4, 0.5) is 13.2 Å². The Morgan fingerprint density at radius 3 is 2.50 bits per heavy atom. The molecule has 24 heavy (non-hydrogen) atoms. The summed E-state index contributed by atoms with van der Waals surface area (Å²) in [7, 11) is 1.25. The minimum atomic E-state index is -4.67. The van der Waals surface area contributed by atoms with Crippen LogP contribution in [0.25, 0.3) is 11.3 Å². The number of nitrogens with zero attached hydrogens (tertiary/aromatic N) is 2. The number of ether oxygens (including phenoxy) is 1. The number of hydrogen-bond acceptors (Lipinski definition) is 5. The molecule has 3 rings (SSSR count). The molecule has 1 aliphatic rings. The first-order valence-electron chi connectivity index (χ1n) is 6.71. The maximum atomic E-state index is 13.1. The number of pyridine rings is 2. The zero-order valence-electron chi connectivity index (χ0n) is 12.2. The van der Waals surface area contributed by atoms with E-state index in [4.69, 9.17) is 4.74 Å². The van der Waals surface area contributed by atoms with Crippen molar-refractivity contribution in [2.24, 2.45) is 0 Å². The molecule has 0 spiro atoms. The van der Waals surface area contributed by atoms with Crippen LogP contribution in [0, 0.1) is 0 Å². The molecule has 2 aromatic rings. The van der Waals surface area contributed by atoms with Crippen LogP contribution >= 0.6 is 0 Å². The van der Waals surface area contributed by atoms with E-state index in [9.17, 15) is 22.8 Å². The summed E-state index contributed by atoms with van der Waals surface area (Å²) in [5, 5.41) is 0. The second-order valence-corrected chi connectivity index (χ2v) is 4.90. The lowest BCUT2D eigenvalue weighted by molar-refractivity contribution is -0.140. The number of hydrogen-bond donors (Lipinski definition) is 0. The van der Waals surface area contributed by atoms with Crippen molar-refractivity contribution in [2.75, 3.05) is 7.11 Å². The topological polar surface area (TPSA) is 69.2 Å². The molecule has 0 saturated heterocycles. The average Bonchev–Trinajstić information content (AvgIpc) is 2.57. The van der Waals surface area contributed by atoms with Gasteiger partial charge in [0.15, 0.2) is 11.5 Å². The molecule has 122 valence electrons. The predicted octanol–water partition coefficient (Wildman–Crippen LogP) is 3.07. The van der Waals surface area contributed by atoms with Crippen molar-refractivity contribution in [3.63, 3.8) is 0 Å². The van der Waals surface area contributed by atoms with E-state index < -0.39 is 23.4 Å². The van der Waals surface area contributed by atoms with Crippen molar-refractivity contribution < 1.29 is 27.5 Å². The van der Waals surface area contributed by atoms with Crippen molar-refractivity contribution >= 4 is 11.6 Å². The zero-order valence-corrected chi connectivity index (χ0v) is 12.2. The van der Waals surface area contributed by atoms with Gasteiger partial charge in [0.25, 0.3) is 0 Å². The van der Waals surface area contributed by atoms with Gasteiger partial charge in [-0.25, -0.2) is 4.98 Å². The van der Waals surface area contributed by atoms with Crippen LogP contribution in [0.5, 0.6) is 0 Å². The summed E-state index contributed by atoms with van der Waals surface area (Å²) in [5.41, 5.74) is -1.70. The van der Waals surface area contributed by atoms with Crippen LogP contribution in [-0.4, -0.2) is 28.6 Å². The number of halogens is 3. The number of fused-ring (bicyclic) bond motifs is 1. The van der Waals surface area contributed by atoms with E-state index in [1.165, 1.54) is 31.4 Å². The molecule has 0 N–H and O–H groups in total. The fraction of sp³-hybridized carbons (Fsp3) is 0.125. The number of carbonyl (C=O) groups excluding carboxylic acids is 2. The lowest BCUT2D eigenvalue weighted by Gasteiger charge is -2.15. The molecule has 8 heteroatoms. The van der Waals surface area contributed by atoms with Crippen LogP contribution in [0.2, 0.25) is 0 Å². The van der Waals surface area contributed by atoms with Crippen molar-refractivity contribution in [1.29, 1.82) is 0 Å². The molecule has 0 unspecified atom stereocenters. The van der Waals surface area contributed by atoms with Gasteiger partial charge >= 0.3 is 6.18 Å². The highest BCUT2D eigenvalue weighted by molar-refractivity contribution is 6.23. The van der Waals surface area contributed by atoms with Crippen molar-refractivity contribution in [1.82, 2.24) is 9.97 Å². The third kappa shape index (κ3) is 2.55. The summed E-state index contributed by atoms with van der Waals surface area (Å²) in [6, 6.07) is 5.05. The van der Waals surface area contributed by atoms with Gasteiger partial charge in [0.2, 0.25) is 11.6 Å². The summed E-state index contributed by atoms with van der Waals surface area (Å²) in [5.74, 6) is -1.30. The number of alkyl halides is 3. The number of aromatic nitrogens is 2. The van der Waals surface area contributed by atoms with E-state index >= 15 is 0 Å². The summed E-state index contributed by atoms with van der Waals surface area (Å²) >= 11 is 0. The number of methoxy groups -OCH3 is 1. The molecule has 2 heterocycles. The van der Waals surface area contributed by atoms with Crippen LogP contribution < -0.4 is 0 Å². The van der Waals surface area contributed by atoms with Crippen molar-refractivity contribution in [3.8, 4) is 11.3 Å². The summed E-state index contributed by atoms with van der Waals surface area (Å²) in [6.07, 6.45) is -2.68. The van der Waals surface area contributed by atoms with Gasteiger partial charge in [-0.3, -0.25) is 14.6 Å². The summed E-state index contributed by atoms with van der Waals surface area (Å²) in [6.45, 7) is 0. The van der Waals surface area contributed by atoms with Gasteiger partial charge in [-0.2, -0.15) is 13.2 Å². The molecule has 0 aliphatic heterocycles. The van der Waals surface area contributed by atoms with Gasteiger partial charge in [0.1, 0.15) is 5.69 Å². The Morgan fingerprint density at radius 2 is 1.83 bits per heavy atom. The van der Waals surface area contributed by atoms with Crippen molar-refractivity contribution in [2.45, 2.75) is 6.18 Å². The monoisotopic (exact) mass is 334 g/mol. The molecule has 0 aromatic carbocycles. The molecule has 0 atom stereocenters. The van der Waals surface area contributed by atoms with Gasteiger partial charge < -0.3 is 4.74 Å². The lowest BCUT2D eigenvalue weighted by Crippen LogP contribution is -2.20. The highest BCUT2D eigenvalue weighted by Gasteiger charge is 2.36. The van der Waals surface area contributed by atoms with Gasteiger partial charge in [-0.15, -0.1) is 0 Å². The lowest BCUT2D eigenvalue weighted by atomic mass is 9.96. The molecule has 5 nitrogen and oxygen atoms in total. The minimum absolute atomic E-state index is 0.0134. The SMILES string of the molecule is COC1=CC(=O)c2nc(-c3cccnc3C(F)(F)F)ccc2C1=O. The van der Waals surface area contributed by atoms with E-state index in [-0.39, 0.29) is 28.3 Å². The number of ketones is 2. The Morgan fingerprint density at radius 1 is 1.08 bits per heavy atom. The smallest absolute Gasteiger partial charge is 0.434 e. The van der Waals surface area contributed by atoms with Gasteiger partial charge in [-0.1, -0.05) is 0 Å². The normalized spacial score (nSPS) is 14.2. The predicted molar refractivity (Wildman–Crippen MR) is 76.2 cm³/mol. The van der Waals surface area contributed by atoms with Crippen LogP contribution in [0.1, 0.15) is 26.5 Å². The Kier molecular flexibility index (Phi) is 3.67. The van der Waals surface area contributed by atoms with E-state index in [2.05, 4.69) is 9.97 Å². The first-order chi connectivity index (χ1) is 11.3. The Labute approximate surface area is 133 Å². The molecular weight excluding hydrogens is 325 g/mol. The molecule has 1 aliphatic carbocycles. The van der Waals surface area contributed by atoms with Crippen molar-refractivity contribution in [3.05, 3.63) is 59.2 Å². The number of carbonyl (C=O) groups is 2. The quantitative estimate of drug-likeness (QED) is 0.844. The molecular formula is C16H9F3N2O3. The van der Waals surface area contributed by atoms with Crippen LogP contribution in [0.15, 0.2) is 42.3 Å².